The third-order valence-electron chi connectivity index (χ3n) is 3.88. The lowest BCUT2D eigenvalue weighted by Crippen LogP contribution is -2.34. The van der Waals surface area contributed by atoms with Gasteiger partial charge in [0.2, 0.25) is 0 Å². The molecule has 0 spiro atoms. The Morgan fingerprint density at radius 2 is 2.07 bits per heavy atom. The number of aryl methyl sites for hydroxylation is 1. The van der Waals surface area contributed by atoms with E-state index in [4.69, 9.17) is 16.3 Å². The first kappa shape index (κ1) is 19.4. The predicted octanol–water partition coefficient (Wildman–Crippen LogP) is 4.26. The number of amides is 1. The zero-order valence-corrected chi connectivity index (χ0v) is 16.7. The van der Waals surface area contributed by atoms with Crippen LogP contribution in [0.15, 0.2) is 59.3 Å². The van der Waals surface area contributed by atoms with Crippen molar-refractivity contribution in [2.75, 3.05) is 6.61 Å². The number of benzene rings is 2. The summed E-state index contributed by atoms with van der Waals surface area (Å²) in [5.41, 5.74) is 0.709. The molecule has 1 heterocycles. The number of hydrogen-bond donors (Lipinski definition) is 1. The van der Waals surface area contributed by atoms with Crippen LogP contribution < -0.4 is 10.1 Å². The highest BCUT2D eigenvalue weighted by Crippen LogP contribution is 2.27. The summed E-state index contributed by atoms with van der Waals surface area (Å²) in [5.74, 6) is 0.324. The van der Waals surface area contributed by atoms with Crippen LogP contribution in [-0.4, -0.2) is 22.1 Å². The summed E-state index contributed by atoms with van der Waals surface area (Å²) in [6, 6.07) is 10.5. The van der Waals surface area contributed by atoms with Gasteiger partial charge >= 0.3 is 0 Å². The average molecular weight is 453 g/mol. The standard InChI is InChI=1S/C19H16BrClFN3O2/c1-25-9-8-23-19(25)18(12-2-5-14(22)6-3-12)24-17(26)11-27-16-7-4-13(20)10-15(16)21/h2-10,18H,11H2,1H3,(H,24,26). The molecule has 0 saturated heterocycles. The van der Waals surface area contributed by atoms with Gasteiger partial charge in [-0.05, 0) is 35.9 Å². The molecule has 0 radical (unpaired) electrons. The van der Waals surface area contributed by atoms with Crippen molar-refractivity contribution in [1.82, 2.24) is 14.9 Å². The van der Waals surface area contributed by atoms with E-state index in [-0.39, 0.29) is 18.3 Å². The van der Waals surface area contributed by atoms with Gasteiger partial charge in [-0.1, -0.05) is 39.7 Å². The fourth-order valence-electron chi connectivity index (χ4n) is 2.55. The first-order valence-corrected chi connectivity index (χ1v) is 9.21. The van der Waals surface area contributed by atoms with Crippen LogP contribution in [0.3, 0.4) is 0 Å². The van der Waals surface area contributed by atoms with Crippen molar-refractivity contribution in [1.29, 1.82) is 0 Å². The van der Waals surface area contributed by atoms with Gasteiger partial charge in [0.05, 0.1) is 5.02 Å². The van der Waals surface area contributed by atoms with E-state index in [0.29, 0.717) is 22.2 Å². The Morgan fingerprint density at radius 3 is 2.70 bits per heavy atom. The van der Waals surface area contributed by atoms with Gasteiger partial charge in [0.15, 0.2) is 6.61 Å². The summed E-state index contributed by atoms with van der Waals surface area (Å²) >= 11 is 9.41. The zero-order chi connectivity index (χ0) is 19.4. The number of carbonyl (C=O) groups excluding carboxylic acids is 1. The Kier molecular flexibility index (Phi) is 6.13. The van der Waals surface area contributed by atoms with Crippen LogP contribution in [0, 0.1) is 5.82 Å². The molecule has 1 amide bonds. The quantitative estimate of drug-likeness (QED) is 0.608. The van der Waals surface area contributed by atoms with Crippen LogP contribution in [0.25, 0.3) is 0 Å². The molecule has 1 atom stereocenters. The predicted molar refractivity (Wildman–Crippen MR) is 104 cm³/mol. The number of halogens is 3. The topological polar surface area (TPSA) is 56.2 Å². The summed E-state index contributed by atoms with van der Waals surface area (Å²) < 4.78 is 21.4. The van der Waals surface area contributed by atoms with Crippen LogP contribution in [0.5, 0.6) is 5.75 Å². The van der Waals surface area contributed by atoms with E-state index in [9.17, 15) is 9.18 Å². The van der Waals surface area contributed by atoms with Gasteiger partial charge in [0.1, 0.15) is 23.4 Å². The number of rotatable bonds is 6. The number of imidazole rings is 1. The molecule has 2 aromatic carbocycles. The second kappa shape index (κ2) is 8.54. The molecule has 5 nitrogen and oxygen atoms in total. The van der Waals surface area contributed by atoms with Crippen LogP contribution in [0.1, 0.15) is 17.4 Å². The van der Waals surface area contributed by atoms with Crippen molar-refractivity contribution in [3.05, 3.63) is 81.6 Å². The van der Waals surface area contributed by atoms with Gasteiger partial charge in [-0.15, -0.1) is 0 Å². The normalized spacial score (nSPS) is 11.9. The molecule has 0 fully saturated rings. The van der Waals surface area contributed by atoms with E-state index >= 15 is 0 Å². The van der Waals surface area contributed by atoms with Gasteiger partial charge in [0.25, 0.3) is 5.91 Å². The highest BCUT2D eigenvalue weighted by Gasteiger charge is 2.21. The number of ether oxygens (including phenoxy) is 1. The number of aromatic nitrogens is 2. The molecule has 3 aromatic rings. The van der Waals surface area contributed by atoms with Crippen molar-refractivity contribution in [3.8, 4) is 5.75 Å². The Balaban J connectivity index is 1.74. The SMILES string of the molecule is Cn1ccnc1C(NC(=O)COc1ccc(Br)cc1Cl)c1ccc(F)cc1. The lowest BCUT2D eigenvalue weighted by Gasteiger charge is -2.19. The molecule has 0 saturated carbocycles. The highest BCUT2D eigenvalue weighted by molar-refractivity contribution is 9.10. The molecule has 0 aliphatic heterocycles. The molecule has 1 unspecified atom stereocenters. The highest BCUT2D eigenvalue weighted by atomic mass is 79.9. The maximum atomic E-state index is 13.3. The Morgan fingerprint density at radius 1 is 1.33 bits per heavy atom. The smallest absolute Gasteiger partial charge is 0.258 e. The number of carbonyl (C=O) groups is 1. The number of hydrogen-bond acceptors (Lipinski definition) is 3. The molecular formula is C19H16BrClFN3O2. The Labute approximate surface area is 169 Å². The largest absolute Gasteiger partial charge is 0.482 e. The third-order valence-corrected chi connectivity index (χ3v) is 4.67. The van der Waals surface area contributed by atoms with Crippen molar-refractivity contribution in [3.63, 3.8) is 0 Å². The summed E-state index contributed by atoms with van der Waals surface area (Å²) in [5, 5.41) is 3.27. The number of nitrogens with zero attached hydrogens (tertiary/aromatic N) is 2. The van der Waals surface area contributed by atoms with Crippen LogP contribution in [0.4, 0.5) is 4.39 Å². The summed E-state index contributed by atoms with van der Waals surface area (Å²) in [4.78, 5) is 16.7. The van der Waals surface area contributed by atoms with E-state index in [1.807, 2.05) is 7.05 Å². The van der Waals surface area contributed by atoms with E-state index in [0.717, 1.165) is 4.47 Å². The van der Waals surface area contributed by atoms with Crippen LogP contribution in [-0.2, 0) is 11.8 Å². The first-order valence-electron chi connectivity index (χ1n) is 8.04. The summed E-state index contributed by atoms with van der Waals surface area (Å²) in [6.45, 7) is -0.219. The molecule has 3 rings (SSSR count). The molecule has 27 heavy (non-hydrogen) atoms. The van der Waals surface area contributed by atoms with Crippen molar-refractivity contribution < 1.29 is 13.9 Å². The minimum Gasteiger partial charge on any atom is -0.482 e. The Hall–Kier alpha value is -2.38. The monoisotopic (exact) mass is 451 g/mol. The van der Waals surface area contributed by atoms with E-state index < -0.39 is 6.04 Å². The maximum absolute atomic E-state index is 13.3. The molecule has 0 bridgehead atoms. The molecular weight excluding hydrogens is 437 g/mol. The molecule has 0 aliphatic rings. The van der Waals surface area contributed by atoms with Crippen molar-refractivity contribution in [2.45, 2.75) is 6.04 Å². The van der Waals surface area contributed by atoms with Crippen LogP contribution >= 0.6 is 27.5 Å². The van der Waals surface area contributed by atoms with E-state index in [1.165, 1.54) is 12.1 Å². The second-order valence-corrected chi connectivity index (χ2v) is 7.13. The molecule has 1 N–H and O–H groups in total. The van der Waals surface area contributed by atoms with Gasteiger partial charge in [-0.2, -0.15) is 0 Å². The molecule has 8 heteroatoms. The van der Waals surface area contributed by atoms with Crippen LogP contribution in [0.2, 0.25) is 5.02 Å². The number of nitrogens with one attached hydrogen (secondary N) is 1. The first-order chi connectivity index (χ1) is 12.9. The maximum Gasteiger partial charge on any atom is 0.258 e. The van der Waals surface area contributed by atoms with Gasteiger partial charge in [-0.3, -0.25) is 4.79 Å². The van der Waals surface area contributed by atoms with E-state index in [1.54, 1.807) is 47.3 Å². The van der Waals surface area contributed by atoms with Gasteiger partial charge < -0.3 is 14.6 Å². The van der Waals surface area contributed by atoms with Gasteiger partial charge in [0, 0.05) is 23.9 Å². The second-order valence-electron chi connectivity index (χ2n) is 5.81. The summed E-state index contributed by atoms with van der Waals surface area (Å²) in [7, 11) is 1.82. The lowest BCUT2D eigenvalue weighted by atomic mass is 10.1. The summed E-state index contributed by atoms with van der Waals surface area (Å²) in [6.07, 6.45) is 3.41. The van der Waals surface area contributed by atoms with E-state index in [2.05, 4.69) is 26.2 Å². The minimum absolute atomic E-state index is 0.219. The Bertz CT molecular complexity index is 946. The lowest BCUT2D eigenvalue weighted by molar-refractivity contribution is -0.123. The zero-order valence-electron chi connectivity index (χ0n) is 14.3. The molecule has 140 valence electrons. The van der Waals surface area contributed by atoms with Crippen molar-refractivity contribution >= 4 is 33.4 Å². The fourth-order valence-corrected chi connectivity index (χ4v) is 3.27. The molecule has 1 aromatic heterocycles. The molecule has 0 aliphatic carbocycles. The third kappa shape index (κ3) is 4.87. The fraction of sp³-hybridized carbons (Fsp3) is 0.158. The average Bonchev–Trinajstić information content (AvgIpc) is 3.05. The van der Waals surface area contributed by atoms with Crippen molar-refractivity contribution in [2.24, 2.45) is 7.05 Å². The van der Waals surface area contributed by atoms with Gasteiger partial charge in [-0.25, -0.2) is 9.37 Å². The minimum atomic E-state index is -0.540.